The molecule has 2 aliphatic carbocycles. The molecule has 2 nitrogen and oxygen atoms in total. The molecule has 0 saturated carbocycles. The maximum atomic E-state index is 2.49. The predicted molar refractivity (Wildman–Crippen MR) is 288 cm³/mol. The van der Waals surface area contributed by atoms with Crippen LogP contribution >= 0.6 is 0 Å². The molecule has 0 unspecified atom stereocenters. The molecule has 1 spiro atoms. The third-order valence-electron chi connectivity index (χ3n) is 14.8. The highest BCUT2D eigenvalue weighted by atomic mass is 15.1. The minimum Gasteiger partial charge on any atom is -0.310 e. The molecule has 2 heteroatoms. The van der Waals surface area contributed by atoms with Gasteiger partial charge < -0.3 is 9.47 Å². The van der Waals surface area contributed by atoms with E-state index in [0.717, 1.165) is 17.1 Å². The second kappa shape index (κ2) is 15.6. The minimum absolute atomic E-state index is 0.516. The molecular formula is C67H44N2. The average molecular weight is 877 g/mol. The zero-order valence-electron chi connectivity index (χ0n) is 37.8. The number of aromatic nitrogens is 1. The molecule has 322 valence electrons. The van der Waals surface area contributed by atoms with Crippen molar-refractivity contribution in [3.8, 4) is 61.3 Å². The molecule has 0 fully saturated rings. The Morgan fingerprint density at radius 3 is 1.39 bits per heavy atom. The van der Waals surface area contributed by atoms with Gasteiger partial charge in [-0.05, 0) is 151 Å². The van der Waals surface area contributed by atoms with Gasteiger partial charge in [-0.3, -0.25) is 0 Å². The highest BCUT2D eigenvalue weighted by molar-refractivity contribution is 6.10. The topological polar surface area (TPSA) is 8.17 Å². The van der Waals surface area contributed by atoms with Crippen molar-refractivity contribution in [3.05, 3.63) is 289 Å². The van der Waals surface area contributed by atoms with Gasteiger partial charge in [0.15, 0.2) is 0 Å². The fourth-order valence-corrected chi connectivity index (χ4v) is 11.8. The number of nitrogens with zero attached hydrogens (tertiary/aromatic N) is 2. The first-order valence-corrected chi connectivity index (χ1v) is 23.9. The first-order valence-electron chi connectivity index (χ1n) is 23.9. The second-order valence-corrected chi connectivity index (χ2v) is 18.4. The van der Waals surface area contributed by atoms with Crippen LogP contribution in [0.25, 0.3) is 83.1 Å². The highest BCUT2D eigenvalue weighted by Gasteiger charge is 2.52. The van der Waals surface area contributed by atoms with Crippen LogP contribution in [-0.2, 0) is 5.41 Å². The van der Waals surface area contributed by atoms with Crippen LogP contribution in [0.15, 0.2) is 267 Å². The summed E-state index contributed by atoms with van der Waals surface area (Å²) < 4.78 is 2.38. The van der Waals surface area contributed by atoms with Gasteiger partial charge in [0, 0.05) is 33.5 Å². The van der Waals surface area contributed by atoms with Crippen molar-refractivity contribution in [1.29, 1.82) is 0 Å². The minimum atomic E-state index is -0.516. The molecule has 0 radical (unpaired) electrons. The van der Waals surface area contributed by atoms with Gasteiger partial charge in [-0.2, -0.15) is 0 Å². The van der Waals surface area contributed by atoms with E-state index in [1.807, 2.05) is 0 Å². The number of benzene rings is 11. The molecule has 11 aromatic carbocycles. The predicted octanol–water partition coefficient (Wildman–Crippen LogP) is 17.6. The van der Waals surface area contributed by atoms with E-state index in [0.29, 0.717) is 0 Å². The van der Waals surface area contributed by atoms with Gasteiger partial charge in [0.2, 0.25) is 0 Å². The lowest BCUT2D eigenvalue weighted by atomic mass is 9.70. The normalized spacial score (nSPS) is 12.8. The molecule has 69 heavy (non-hydrogen) atoms. The molecule has 14 rings (SSSR count). The Bertz CT molecular complexity index is 3880. The fraction of sp³-hybridized carbons (Fsp3) is 0.0149. The van der Waals surface area contributed by atoms with Crippen LogP contribution in [0.1, 0.15) is 22.3 Å². The maximum Gasteiger partial charge on any atom is 0.0726 e. The Kier molecular flexibility index (Phi) is 8.84. The summed E-state index contributed by atoms with van der Waals surface area (Å²) in [6.45, 7) is 0. The maximum absolute atomic E-state index is 2.49. The Morgan fingerprint density at radius 2 is 0.696 bits per heavy atom. The summed E-state index contributed by atoms with van der Waals surface area (Å²) in [5.41, 5.74) is 24.1. The summed E-state index contributed by atoms with van der Waals surface area (Å²) in [5, 5.41) is 2.52. The quantitative estimate of drug-likeness (QED) is 0.155. The molecule has 0 amide bonds. The summed E-state index contributed by atoms with van der Waals surface area (Å²) >= 11 is 0. The lowest BCUT2D eigenvalue weighted by Gasteiger charge is -2.32. The molecule has 1 aromatic heterocycles. The molecule has 0 atom stereocenters. The van der Waals surface area contributed by atoms with Crippen molar-refractivity contribution in [3.63, 3.8) is 0 Å². The van der Waals surface area contributed by atoms with E-state index in [9.17, 15) is 0 Å². The third kappa shape index (κ3) is 5.99. The first kappa shape index (κ1) is 39.2. The highest BCUT2D eigenvalue weighted by Crippen LogP contribution is 2.64. The van der Waals surface area contributed by atoms with Crippen LogP contribution in [0.3, 0.4) is 0 Å². The Labute approximate surface area is 402 Å². The lowest BCUT2D eigenvalue weighted by Crippen LogP contribution is -2.26. The van der Waals surface area contributed by atoms with Crippen molar-refractivity contribution < 1.29 is 0 Å². The van der Waals surface area contributed by atoms with Crippen LogP contribution < -0.4 is 4.90 Å². The largest absolute Gasteiger partial charge is 0.310 e. The monoisotopic (exact) mass is 876 g/mol. The van der Waals surface area contributed by atoms with E-state index >= 15 is 0 Å². The van der Waals surface area contributed by atoms with Crippen LogP contribution in [0.4, 0.5) is 17.1 Å². The van der Waals surface area contributed by atoms with Crippen LogP contribution in [0, 0.1) is 0 Å². The van der Waals surface area contributed by atoms with E-state index in [-0.39, 0.29) is 0 Å². The summed E-state index contributed by atoms with van der Waals surface area (Å²) in [6.07, 6.45) is 0. The van der Waals surface area contributed by atoms with E-state index < -0.39 is 5.41 Å². The Balaban J connectivity index is 0.895. The molecule has 0 aliphatic heterocycles. The summed E-state index contributed by atoms with van der Waals surface area (Å²) in [4.78, 5) is 2.41. The van der Waals surface area contributed by atoms with E-state index in [1.54, 1.807) is 0 Å². The van der Waals surface area contributed by atoms with Gasteiger partial charge in [0.05, 0.1) is 16.4 Å². The molecule has 2 aliphatic rings. The van der Waals surface area contributed by atoms with Crippen molar-refractivity contribution in [2.24, 2.45) is 0 Å². The standard InChI is InChI=1S/C67H44N2/c1-4-16-45(17-5-1)46-32-36-53(37-33-46)68(51-18-6-2-7-19-51)54-38-40-58-57-39-34-50(43-63(57)67(64(58)44-54)61-25-13-10-22-55(61)56-23-11-14-26-62(56)67)48-30-28-47(29-31-48)49-35-41-66-60(42-49)59-24-12-15-27-65(59)69(66)52-20-8-3-9-21-52/h1-44H. The van der Waals surface area contributed by atoms with Gasteiger partial charge in [-0.25, -0.2) is 0 Å². The van der Waals surface area contributed by atoms with Gasteiger partial charge in [-0.1, -0.05) is 194 Å². The summed E-state index contributed by atoms with van der Waals surface area (Å²) in [5.74, 6) is 0. The van der Waals surface area contributed by atoms with Crippen molar-refractivity contribution in [1.82, 2.24) is 4.57 Å². The number of hydrogen-bond acceptors (Lipinski definition) is 1. The molecule has 1 heterocycles. The number of para-hydroxylation sites is 3. The average Bonchev–Trinajstić information content (AvgIpc) is 4.03. The second-order valence-electron chi connectivity index (χ2n) is 18.4. The number of hydrogen-bond donors (Lipinski definition) is 0. The van der Waals surface area contributed by atoms with Crippen molar-refractivity contribution in [2.45, 2.75) is 5.41 Å². The molecule has 0 N–H and O–H groups in total. The molecule has 12 aromatic rings. The first-order chi connectivity index (χ1) is 34.2. The van der Waals surface area contributed by atoms with Crippen LogP contribution in [0.5, 0.6) is 0 Å². The number of anilines is 3. The fourth-order valence-electron chi connectivity index (χ4n) is 11.8. The SMILES string of the molecule is c1ccc(-c2ccc(N(c3ccccc3)c3ccc4c(c3)C3(c5ccccc5-c5ccccc53)c3cc(-c5ccc(-c6ccc7c(c6)c6ccccc6n7-c6ccccc6)cc5)ccc3-4)cc2)cc1. The molecular weight excluding hydrogens is 833 g/mol. The van der Waals surface area contributed by atoms with Crippen LogP contribution in [-0.4, -0.2) is 4.57 Å². The summed E-state index contributed by atoms with van der Waals surface area (Å²) in [6, 6.07) is 98.5. The third-order valence-corrected chi connectivity index (χ3v) is 14.8. The molecule has 0 bridgehead atoms. The van der Waals surface area contributed by atoms with Gasteiger partial charge >= 0.3 is 0 Å². The van der Waals surface area contributed by atoms with Gasteiger partial charge in [0.1, 0.15) is 0 Å². The number of rotatable bonds is 7. The molecule has 0 saturated heterocycles. The lowest BCUT2D eigenvalue weighted by molar-refractivity contribution is 0.794. The van der Waals surface area contributed by atoms with E-state index in [1.165, 1.54) is 105 Å². The summed E-state index contributed by atoms with van der Waals surface area (Å²) in [7, 11) is 0. The number of fused-ring (bicyclic) bond motifs is 13. The van der Waals surface area contributed by atoms with E-state index in [4.69, 9.17) is 0 Å². The van der Waals surface area contributed by atoms with Gasteiger partial charge in [0.25, 0.3) is 0 Å². The Hall–Kier alpha value is -8.98. The van der Waals surface area contributed by atoms with Crippen molar-refractivity contribution >= 4 is 38.9 Å². The van der Waals surface area contributed by atoms with Crippen molar-refractivity contribution in [2.75, 3.05) is 4.90 Å². The smallest absolute Gasteiger partial charge is 0.0726 e. The zero-order chi connectivity index (χ0) is 45.5. The van der Waals surface area contributed by atoms with E-state index in [2.05, 4.69) is 276 Å². The zero-order valence-corrected chi connectivity index (χ0v) is 37.8. The van der Waals surface area contributed by atoms with Gasteiger partial charge in [-0.15, -0.1) is 0 Å². The Morgan fingerprint density at radius 1 is 0.261 bits per heavy atom. The van der Waals surface area contributed by atoms with Crippen LogP contribution in [0.2, 0.25) is 0 Å².